The first-order chi connectivity index (χ1) is 10.7. The number of rotatable bonds is 6. The van der Waals surface area contributed by atoms with Crippen LogP contribution in [0.2, 0.25) is 0 Å². The van der Waals surface area contributed by atoms with E-state index in [0.717, 1.165) is 5.56 Å². The third kappa shape index (κ3) is 4.09. The third-order valence-electron chi connectivity index (χ3n) is 3.12. The molecule has 0 fully saturated rings. The van der Waals surface area contributed by atoms with Crippen LogP contribution < -0.4 is 9.47 Å². The normalized spacial score (nSPS) is 11.0. The van der Waals surface area contributed by atoms with Crippen molar-refractivity contribution in [3.8, 4) is 11.5 Å². The molecule has 2 aromatic rings. The van der Waals surface area contributed by atoms with Gasteiger partial charge < -0.3 is 9.47 Å². The Hall–Kier alpha value is -2.81. The van der Waals surface area contributed by atoms with Gasteiger partial charge in [-0.25, -0.2) is 0 Å². The zero-order valence-electron chi connectivity index (χ0n) is 12.7. The monoisotopic (exact) mass is 294 g/mol. The van der Waals surface area contributed by atoms with Gasteiger partial charge in [0, 0.05) is 6.07 Å². The van der Waals surface area contributed by atoms with Crippen molar-refractivity contribution in [2.24, 2.45) is 0 Å². The van der Waals surface area contributed by atoms with E-state index in [-0.39, 0.29) is 5.78 Å². The highest BCUT2D eigenvalue weighted by Crippen LogP contribution is 2.25. The first kappa shape index (κ1) is 15.6. The van der Waals surface area contributed by atoms with Gasteiger partial charge in [0.2, 0.25) is 0 Å². The fourth-order valence-electron chi connectivity index (χ4n) is 1.97. The molecule has 0 saturated carbocycles. The zero-order valence-corrected chi connectivity index (χ0v) is 12.7. The van der Waals surface area contributed by atoms with Crippen LogP contribution in [0.15, 0.2) is 66.8 Å². The predicted molar refractivity (Wildman–Crippen MR) is 88.5 cm³/mol. The van der Waals surface area contributed by atoms with Crippen LogP contribution in [-0.2, 0) is 0 Å². The van der Waals surface area contributed by atoms with Gasteiger partial charge in [-0.1, -0.05) is 48.6 Å². The summed E-state index contributed by atoms with van der Waals surface area (Å²) in [7, 11) is 3.11. The maximum absolute atomic E-state index is 12.2. The first-order valence-electron chi connectivity index (χ1n) is 6.90. The van der Waals surface area contributed by atoms with E-state index < -0.39 is 0 Å². The van der Waals surface area contributed by atoms with Crippen molar-refractivity contribution in [1.29, 1.82) is 0 Å². The predicted octanol–water partition coefficient (Wildman–Crippen LogP) is 4.16. The molecule has 0 bridgehead atoms. The smallest absolute Gasteiger partial charge is 0.189 e. The van der Waals surface area contributed by atoms with Crippen LogP contribution in [0.3, 0.4) is 0 Å². The molecule has 0 aliphatic heterocycles. The largest absolute Gasteiger partial charge is 0.497 e. The van der Waals surface area contributed by atoms with Crippen molar-refractivity contribution in [3.63, 3.8) is 0 Å². The molecule has 3 nitrogen and oxygen atoms in total. The number of benzene rings is 2. The number of ether oxygens (including phenoxy) is 2. The summed E-state index contributed by atoms with van der Waals surface area (Å²) < 4.78 is 10.4. The Bertz CT molecular complexity index is 685. The van der Waals surface area contributed by atoms with Gasteiger partial charge in [-0.3, -0.25) is 4.79 Å². The maximum Gasteiger partial charge on any atom is 0.189 e. The Labute approximate surface area is 130 Å². The zero-order chi connectivity index (χ0) is 15.8. The van der Waals surface area contributed by atoms with Crippen molar-refractivity contribution in [2.45, 2.75) is 0 Å². The molecular formula is C19H18O3. The highest BCUT2D eigenvalue weighted by atomic mass is 16.5. The molecule has 2 rings (SSSR count). The standard InChI is InChI=1S/C19H18O3/c1-21-16-12-13-17(19(14-16)22-2)18(20)11-7-6-10-15-8-4-3-5-9-15/h3-14H,1-2H3/b10-6+,11-7+. The summed E-state index contributed by atoms with van der Waals surface area (Å²) in [6.07, 6.45) is 7.01. The summed E-state index contributed by atoms with van der Waals surface area (Å²) in [6, 6.07) is 15.0. The number of methoxy groups -OCH3 is 2. The van der Waals surface area contributed by atoms with Crippen LogP contribution in [0.5, 0.6) is 11.5 Å². The second-order valence-electron chi connectivity index (χ2n) is 4.56. The van der Waals surface area contributed by atoms with E-state index in [1.165, 1.54) is 13.2 Å². The molecule has 0 aromatic heterocycles. The second kappa shape index (κ2) is 7.84. The topological polar surface area (TPSA) is 35.5 Å². The molecule has 0 radical (unpaired) electrons. The quantitative estimate of drug-likeness (QED) is 0.456. The molecule has 112 valence electrons. The molecule has 0 aliphatic rings. The van der Waals surface area contributed by atoms with Gasteiger partial charge in [0.1, 0.15) is 11.5 Å². The highest BCUT2D eigenvalue weighted by Gasteiger charge is 2.10. The Morgan fingerprint density at radius 2 is 1.73 bits per heavy atom. The number of carbonyl (C=O) groups excluding carboxylic acids is 1. The third-order valence-corrected chi connectivity index (χ3v) is 3.12. The average Bonchev–Trinajstić information content (AvgIpc) is 2.58. The average molecular weight is 294 g/mol. The minimum Gasteiger partial charge on any atom is -0.497 e. The highest BCUT2D eigenvalue weighted by molar-refractivity contribution is 6.06. The molecule has 0 aliphatic carbocycles. The molecule has 0 N–H and O–H groups in total. The lowest BCUT2D eigenvalue weighted by atomic mass is 10.1. The second-order valence-corrected chi connectivity index (χ2v) is 4.56. The molecule has 3 heteroatoms. The number of carbonyl (C=O) groups is 1. The van der Waals surface area contributed by atoms with E-state index in [2.05, 4.69) is 0 Å². The lowest BCUT2D eigenvalue weighted by molar-refractivity contribution is 0.104. The Kier molecular flexibility index (Phi) is 5.55. The summed E-state index contributed by atoms with van der Waals surface area (Å²) in [6.45, 7) is 0. The van der Waals surface area contributed by atoms with Crippen LogP contribution in [-0.4, -0.2) is 20.0 Å². The summed E-state index contributed by atoms with van der Waals surface area (Å²) in [4.78, 5) is 12.2. The van der Waals surface area contributed by atoms with Crippen LogP contribution in [0, 0.1) is 0 Å². The minimum atomic E-state index is -0.114. The summed E-state index contributed by atoms with van der Waals surface area (Å²) in [5.74, 6) is 1.04. The fraction of sp³-hybridized carbons (Fsp3) is 0.105. The van der Waals surface area contributed by atoms with Gasteiger partial charge in [-0.15, -0.1) is 0 Å². The van der Waals surface area contributed by atoms with E-state index in [1.54, 1.807) is 31.4 Å². The molecule has 2 aromatic carbocycles. The summed E-state index contributed by atoms with van der Waals surface area (Å²) in [5, 5.41) is 0. The van der Waals surface area contributed by atoms with Crippen molar-refractivity contribution in [1.82, 2.24) is 0 Å². The van der Waals surface area contributed by atoms with Crippen molar-refractivity contribution >= 4 is 11.9 Å². The lowest BCUT2D eigenvalue weighted by Gasteiger charge is -2.07. The fourth-order valence-corrected chi connectivity index (χ4v) is 1.97. The number of allylic oxidation sites excluding steroid dienone is 3. The number of ketones is 1. The lowest BCUT2D eigenvalue weighted by Crippen LogP contribution is -1.99. The van der Waals surface area contributed by atoms with Crippen molar-refractivity contribution in [3.05, 3.63) is 77.9 Å². The molecular weight excluding hydrogens is 276 g/mol. The summed E-state index contributed by atoms with van der Waals surface area (Å²) >= 11 is 0. The van der Waals surface area contributed by atoms with E-state index in [4.69, 9.17) is 9.47 Å². The molecule has 0 saturated heterocycles. The molecule has 0 unspecified atom stereocenters. The van der Waals surface area contributed by atoms with E-state index >= 15 is 0 Å². The van der Waals surface area contributed by atoms with Gasteiger partial charge in [0.15, 0.2) is 5.78 Å². The molecule has 0 amide bonds. The minimum absolute atomic E-state index is 0.114. The Morgan fingerprint density at radius 1 is 0.955 bits per heavy atom. The van der Waals surface area contributed by atoms with Gasteiger partial charge in [-0.05, 0) is 23.8 Å². The molecule has 22 heavy (non-hydrogen) atoms. The van der Waals surface area contributed by atoms with Gasteiger partial charge in [-0.2, -0.15) is 0 Å². The molecule has 0 atom stereocenters. The van der Waals surface area contributed by atoms with E-state index in [9.17, 15) is 4.79 Å². The molecule has 0 spiro atoms. The maximum atomic E-state index is 12.2. The first-order valence-corrected chi connectivity index (χ1v) is 6.90. The van der Waals surface area contributed by atoms with Crippen molar-refractivity contribution < 1.29 is 14.3 Å². The Morgan fingerprint density at radius 3 is 2.41 bits per heavy atom. The van der Waals surface area contributed by atoms with Crippen LogP contribution >= 0.6 is 0 Å². The number of hydrogen-bond donors (Lipinski definition) is 0. The van der Waals surface area contributed by atoms with Crippen LogP contribution in [0.25, 0.3) is 6.08 Å². The van der Waals surface area contributed by atoms with E-state index in [1.807, 2.05) is 42.5 Å². The van der Waals surface area contributed by atoms with Crippen molar-refractivity contribution in [2.75, 3.05) is 14.2 Å². The van der Waals surface area contributed by atoms with Gasteiger partial charge >= 0.3 is 0 Å². The van der Waals surface area contributed by atoms with E-state index in [0.29, 0.717) is 17.1 Å². The van der Waals surface area contributed by atoms with Crippen LogP contribution in [0.4, 0.5) is 0 Å². The molecule has 0 heterocycles. The Balaban J connectivity index is 2.09. The SMILES string of the molecule is COc1ccc(C(=O)/C=C/C=C/c2ccccc2)c(OC)c1. The van der Waals surface area contributed by atoms with Crippen LogP contribution in [0.1, 0.15) is 15.9 Å². The van der Waals surface area contributed by atoms with Gasteiger partial charge in [0.05, 0.1) is 19.8 Å². The number of hydrogen-bond acceptors (Lipinski definition) is 3. The van der Waals surface area contributed by atoms with Gasteiger partial charge in [0.25, 0.3) is 0 Å². The summed E-state index contributed by atoms with van der Waals surface area (Å²) in [5.41, 5.74) is 1.59.